The Balaban J connectivity index is 1.56. The predicted octanol–water partition coefficient (Wildman–Crippen LogP) is 6.15. The summed E-state index contributed by atoms with van der Waals surface area (Å²) in [7, 11) is 1.68. The summed E-state index contributed by atoms with van der Waals surface area (Å²) in [5.41, 5.74) is 6.09. The van der Waals surface area contributed by atoms with E-state index in [1.807, 2.05) is 17.0 Å². The van der Waals surface area contributed by atoms with Crippen LogP contribution in [-0.2, 0) is 11.3 Å². The number of amides is 1. The molecule has 1 aliphatic rings. The van der Waals surface area contributed by atoms with E-state index in [0.29, 0.717) is 6.42 Å². The molecule has 3 aromatic carbocycles. The van der Waals surface area contributed by atoms with E-state index in [9.17, 15) is 4.79 Å². The summed E-state index contributed by atoms with van der Waals surface area (Å²) in [6.07, 6.45) is 4.95. The third-order valence-electron chi connectivity index (χ3n) is 7.02. The molecule has 2 heterocycles. The first kappa shape index (κ1) is 22.3. The number of para-hydroxylation sites is 1. The molecule has 0 bridgehead atoms. The molecular weight excluding hydrogens is 420 g/mol. The van der Waals surface area contributed by atoms with E-state index in [2.05, 4.69) is 78.4 Å². The maximum absolute atomic E-state index is 13.3. The number of fused-ring (bicyclic) bond motifs is 1. The molecule has 1 saturated heterocycles. The van der Waals surface area contributed by atoms with E-state index < -0.39 is 0 Å². The number of carbonyl (C=O) groups is 1. The van der Waals surface area contributed by atoms with E-state index in [1.54, 1.807) is 7.11 Å². The Kier molecular flexibility index (Phi) is 6.39. The third kappa shape index (κ3) is 4.58. The van der Waals surface area contributed by atoms with Crippen LogP contribution < -0.4 is 4.74 Å². The fourth-order valence-electron chi connectivity index (χ4n) is 5.09. The van der Waals surface area contributed by atoms with E-state index >= 15 is 0 Å². The monoisotopic (exact) mass is 452 g/mol. The van der Waals surface area contributed by atoms with Crippen LogP contribution in [0.15, 0.2) is 79.0 Å². The fraction of sp³-hybridized carbons (Fsp3) is 0.300. The number of methoxy groups -OCH3 is 1. The molecular formula is C30H32N2O2. The first-order chi connectivity index (χ1) is 16.6. The molecule has 1 aromatic heterocycles. The van der Waals surface area contributed by atoms with Gasteiger partial charge in [0.05, 0.1) is 7.11 Å². The van der Waals surface area contributed by atoms with Crippen molar-refractivity contribution in [2.75, 3.05) is 20.2 Å². The van der Waals surface area contributed by atoms with Gasteiger partial charge in [0.15, 0.2) is 0 Å². The number of ether oxygens (including phenoxy) is 1. The first-order valence-corrected chi connectivity index (χ1v) is 12.2. The van der Waals surface area contributed by atoms with Crippen LogP contribution >= 0.6 is 0 Å². The fourth-order valence-corrected chi connectivity index (χ4v) is 5.09. The van der Waals surface area contributed by atoms with Gasteiger partial charge in [-0.3, -0.25) is 4.79 Å². The summed E-state index contributed by atoms with van der Waals surface area (Å²) in [5.74, 6) is 1.06. The van der Waals surface area contributed by atoms with Crippen molar-refractivity contribution >= 4 is 16.8 Å². The van der Waals surface area contributed by atoms with Gasteiger partial charge in [-0.15, -0.1) is 0 Å². The van der Waals surface area contributed by atoms with Crippen molar-refractivity contribution in [3.63, 3.8) is 0 Å². The zero-order valence-corrected chi connectivity index (χ0v) is 20.0. The van der Waals surface area contributed by atoms with Crippen LogP contribution in [0, 0.1) is 6.92 Å². The quantitative estimate of drug-likeness (QED) is 0.337. The molecule has 4 aromatic rings. The highest BCUT2D eigenvalue weighted by Crippen LogP contribution is 2.36. The van der Waals surface area contributed by atoms with Gasteiger partial charge in [0.1, 0.15) is 5.75 Å². The smallest absolute Gasteiger partial charge is 0.223 e. The Labute approximate surface area is 201 Å². The first-order valence-electron chi connectivity index (χ1n) is 12.2. The molecule has 1 fully saturated rings. The average Bonchev–Trinajstić information content (AvgIpc) is 3.53. The maximum Gasteiger partial charge on any atom is 0.223 e. The highest BCUT2D eigenvalue weighted by molar-refractivity contribution is 5.87. The van der Waals surface area contributed by atoms with E-state index in [-0.39, 0.29) is 11.8 Å². The number of aryl methyl sites for hydroxylation is 1. The van der Waals surface area contributed by atoms with Gasteiger partial charge < -0.3 is 14.2 Å². The van der Waals surface area contributed by atoms with Crippen molar-refractivity contribution < 1.29 is 9.53 Å². The van der Waals surface area contributed by atoms with Gasteiger partial charge >= 0.3 is 0 Å². The lowest BCUT2D eigenvalue weighted by molar-refractivity contribution is -0.130. The van der Waals surface area contributed by atoms with Crippen LogP contribution in [-0.4, -0.2) is 35.6 Å². The number of rotatable bonds is 7. The highest BCUT2D eigenvalue weighted by atomic mass is 16.5. The van der Waals surface area contributed by atoms with Crippen molar-refractivity contribution in [1.29, 1.82) is 0 Å². The van der Waals surface area contributed by atoms with Crippen LogP contribution in [0.5, 0.6) is 5.75 Å². The summed E-state index contributed by atoms with van der Waals surface area (Å²) >= 11 is 0. The summed E-state index contributed by atoms with van der Waals surface area (Å²) < 4.78 is 7.71. The van der Waals surface area contributed by atoms with Crippen LogP contribution in [0.3, 0.4) is 0 Å². The van der Waals surface area contributed by atoms with Crippen LogP contribution in [0.2, 0.25) is 0 Å². The van der Waals surface area contributed by atoms with Crippen molar-refractivity contribution in [2.24, 2.45) is 0 Å². The second kappa shape index (κ2) is 9.76. The SMILES string of the molecule is COc1ccc(C(CC(=O)N2CCCC2)c2cn(Cc3ccc(C)cc3)c3ccccc23)cc1. The van der Waals surface area contributed by atoms with E-state index in [1.165, 1.54) is 27.6 Å². The number of hydrogen-bond donors (Lipinski definition) is 0. The number of carbonyl (C=O) groups excluding carboxylic acids is 1. The maximum atomic E-state index is 13.3. The van der Waals surface area contributed by atoms with Crippen LogP contribution in [0.25, 0.3) is 10.9 Å². The molecule has 5 rings (SSSR count). The molecule has 0 saturated carbocycles. The lowest BCUT2D eigenvalue weighted by Gasteiger charge is -2.21. The van der Waals surface area contributed by atoms with Gasteiger partial charge in [-0.1, -0.05) is 60.2 Å². The second-order valence-electron chi connectivity index (χ2n) is 9.33. The summed E-state index contributed by atoms with van der Waals surface area (Å²) in [4.78, 5) is 15.3. The minimum absolute atomic E-state index is 0.0110. The predicted molar refractivity (Wildman–Crippen MR) is 137 cm³/mol. The lowest BCUT2D eigenvalue weighted by Crippen LogP contribution is -2.29. The van der Waals surface area contributed by atoms with E-state index in [0.717, 1.165) is 43.8 Å². The highest BCUT2D eigenvalue weighted by Gasteiger charge is 2.26. The number of nitrogens with zero attached hydrogens (tertiary/aromatic N) is 2. The average molecular weight is 453 g/mol. The Morgan fingerprint density at radius 2 is 1.65 bits per heavy atom. The van der Waals surface area contributed by atoms with Gasteiger partial charge in [0, 0.05) is 49.1 Å². The van der Waals surface area contributed by atoms with Gasteiger partial charge in [-0.05, 0) is 54.7 Å². The molecule has 1 unspecified atom stereocenters. The lowest BCUT2D eigenvalue weighted by atomic mass is 9.87. The summed E-state index contributed by atoms with van der Waals surface area (Å²) in [6, 6.07) is 25.5. The van der Waals surface area contributed by atoms with Gasteiger partial charge in [0.25, 0.3) is 0 Å². The number of likely N-dealkylation sites (tertiary alicyclic amines) is 1. The molecule has 174 valence electrons. The normalized spacial score (nSPS) is 14.5. The van der Waals surface area contributed by atoms with E-state index in [4.69, 9.17) is 4.74 Å². The number of hydrogen-bond acceptors (Lipinski definition) is 2. The van der Waals surface area contributed by atoms with Crippen LogP contribution in [0.4, 0.5) is 0 Å². The standard InChI is InChI=1S/C30H32N2O2/c1-22-9-11-23(12-10-22)20-32-21-28(26-7-3-4-8-29(26)32)27(19-30(33)31-17-5-6-18-31)24-13-15-25(34-2)16-14-24/h3-4,7-16,21,27H,5-6,17-20H2,1-2H3. The zero-order valence-electron chi connectivity index (χ0n) is 20.0. The van der Waals surface area contributed by atoms with Gasteiger partial charge in [0.2, 0.25) is 5.91 Å². The largest absolute Gasteiger partial charge is 0.497 e. The molecule has 1 atom stereocenters. The van der Waals surface area contributed by atoms with Crippen molar-refractivity contribution in [3.05, 3.63) is 101 Å². The van der Waals surface area contributed by atoms with Crippen LogP contribution in [0.1, 0.15) is 47.4 Å². The minimum Gasteiger partial charge on any atom is -0.497 e. The Bertz CT molecular complexity index is 1270. The molecule has 34 heavy (non-hydrogen) atoms. The summed E-state index contributed by atoms with van der Waals surface area (Å²) in [5, 5.41) is 1.21. The van der Waals surface area contributed by atoms with Crippen molar-refractivity contribution in [1.82, 2.24) is 9.47 Å². The zero-order chi connectivity index (χ0) is 23.5. The molecule has 0 spiro atoms. The molecule has 4 nitrogen and oxygen atoms in total. The minimum atomic E-state index is -0.0110. The molecule has 0 radical (unpaired) electrons. The molecule has 0 N–H and O–H groups in total. The Morgan fingerprint density at radius 3 is 2.35 bits per heavy atom. The molecule has 0 aliphatic carbocycles. The van der Waals surface area contributed by atoms with Crippen molar-refractivity contribution in [3.8, 4) is 5.75 Å². The third-order valence-corrected chi connectivity index (χ3v) is 7.02. The molecule has 1 amide bonds. The van der Waals surface area contributed by atoms with Gasteiger partial charge in [-0.25, -0.2) is 0 Å². The van der Waals surface area contributed by atoms with Crippen molar-refractivity contribution in [2.45, 2.75) is 38.6 Å². The molecule has 1 aliphatic heterocycles. The number of benzene rings is 3. The number of aromatic nitrogens is 1. The second-order valence-corrected chi connectivity index (χ2v) is 9.33. The Morgan fingerprint density at radius 1 is 0.941 bits per heavy atom. The van der Waals surface area contributed by atoms with Gasteiger partial charge in [-0.2, -0.15) is 0 Å². The summed E-state index contributed by atoms with van der Waals surface area (Å²) in [6.45, 7) is 4.67. The topological polar surface area (TPSA) is 34.5 Å². The Hall–Kier alpha value is -3.53. The molecule has 4 heteroatoms.